The monoisotopic (exact) mass is 448 g/mol. The van der Waals surface area contributed by atoms with Crippen molar-refractivity contribution in [2.45, 2.75) is 25.8 Å². The van der Waals surface area contributed by atoms with Gasteiger partial charge >= 0.3 is 5.69 Å². The van der Waals surface area contributed by atoms with E-state index in [1.165, 1.54) is 29.4 Å². The number of pyridine rings is 1. The molecule has 0 saturated carbocycles. The maximum Gasteiger partial charge on any atom is 0.332 e. The SMILES string of the molecule is CCCc1ccc(C(NC(=O)c2cnc3c(c2)c(=O)n(C)c(=O)n3C)c2cccs2)cc1. The van der Waals surface area contributed by atoms with E-state index >= 15 is 0 Å². The van der Waals surface area contributed by atoms with Crippen LogP contribution in [0.25, 0.3) is 11.0 Å². The van der Waals surface area contributed by atoms with E-state index in [2.05, 4.69) is 29.4 Å². The van der Waals surface area contributed by atoms with Gasteiger partial charge in [-0.1, -0.05) is 43.7 Å². The minimum absolute atomic E-state index is 0.221. The van der Waals surface area contributed by atoms with Gasteiger partial charge in [0.05, 0.1) is 17.0 Å². The Morgan fingerprint density at radius 3 is 2.53 bits per heavy atom. The second-order valence-electron chi connectivity index (χ2n) is 7.71. The molecule has 4 rings (SSSR count). The molecule has 0 aliphatic heterocycles. The predicted molar refractivity (Wildman–Crippen MR) is 126 cm³/mol. The van der Waals surface area contributed by atoms with Gasteiger partial charge in [0.25, 0.3) is 11.5 Å². The molecule has 7 nitrogen and oxygen atoms in total. The highest BCUT2D eigenvalue weighted by Crippen LogP contribution is 2.27. The maximum absolute atomic E-state index is 13.2. The molecule has 0 bridgehead atoms. The molecule has 1 aromatic carbocycles. The van der Waals surface area contributed by atoms with Crippen LogP contribution in [0, 0.1) is 0 Å². The van der Waals surface area contributed by atoms with Crippen LogP contribution in [0.15, 0.2) is 63.6 Å². The van der Waals surface area contributed by atoms with E-state index in [-0.39, 0.29) is 28.5 Å². The number of hydrogen-bond acceptors (Lipinski definition) is 5. The fourth-order valence-electron chi connectivity index (χ4n) is 3.74. The topological polar surface area (TPSA) is 86.0 Å². The fraction of sp³-hybridized carbons (Fsp3) is 0.250. The van der Waals surface area contributed by atoms with Crippen LogP contribution >= 0.6 is 11.3 Å². The number of nitrogens with zero attached hydrogens (tertiary/aromatic N) is 3. The largest absolute Gasteiger partial charge is 0.340 e. The highest BCUT2D eigenvalue weighted by Gasteiger charge is 2.20. The first-order chi connectivity index (χ1) is 15.4. The first-order valence-electron chi connectivity index (χ1n) is 10.4. The number of benzene rings is 1. The summed E-state index contributed by atoms with van der Waals surface area (Å²) in [5.41, 5.74) is 1.80. The van der Waals surface area contributed by atoms with E-state index in [1.807, 2.05) is 29.6 Å². The molecular weight excluding hydrogens is 424 g/mol. The molecule has 1 atom stereocenters. The molecule has 0 saturated heterocycles. The first-order valence-corrected chi connectivity index (χ1v) is 11.3. The number of thiophene rings is 1. The summed E-state index contributed by atoms with van der Waals surface area (Å²) in [5.74, 6) is -0.341. The highest BCUT2D eigenvalue weighted by atomic mass is 32.1. The summed E-state index contributed by atoms with van der Waals surface area (Å²) in [6.07, 6.45) is 3.48. The Kier molecular flexibility index (Phi) is 6.05. The van der Waals surface area contributed by atoms with Crippen LogP contribution in [-0.4, -0.2) is 20.0 Å². The first kappa shape index (κ1) is 21.7. The number of rotatable bonds is 6. The zero-order chi connectivity index (χ0) is 22.8. The average Bonchev–Trinajstić information content (AvgIpc) is 3.35. The minimum atomic E-state index is -0.480. The number of aryl methyl sites for hydroxylation is 2. The van der Waals surface area contributed by atoms with Gasteiger partial charge in [-0.3, -0.25) is 18.7 Å². The van der Waals surface area contributed by atoms with Crippen molar-refractivity contribution in [3.63, 3.8) is 0 Å². The van der Waals surface area contributed by atoms with Crippen LogP contribution in [0.1, 0.15) is 45.7 Å². The van der Waals surface area contributed by atoms with Crippen LogP contribution in [0.5, 0.6) is 0 Å². The van der Waals surface area contributed by atoms with E-state index < -0.39 is 11.2 Å². The van der Waals surface area contributed by atoms with Crippen molar-refractivity contribution in [1.29, 1.82) is 0 Å². The second kappa shape index (κ2) is 8.92. The molecule has 0 spiro atoms. The van der Waals surface area contributed by atoms with Crippen molar-refractivity contribution in [2.75, 3.05) is 0 Å². The van der Waals surface area contributed by atoms with Gasteiger partial charge in [-0.25, -0.2) is 9.78 Å². The number of carbonyl (C=O) groups excluding carboxylic acids is 1. The third kappa shape index (κ3) is 4.01. The molecule has 1 amide bonds. The number of amides is 1. The van der Waals surface area contributed by atoms with Gasteiger partial charge < -0.3 is 5.32 Å². The third-order valence-electron chi connectivity index (χ3n) is 5.51. The van der Waals surface area contributed by atoms with Crippen molar-refractivity contribution in [2.24, 2.45) is 14.1 Å². The summed E-state index contributed by atoms with van der Waals surface area (Å²) in [6, 6.07) is 13.4. The van der Waals surface area contributed by atoms with E-state index in [0.717, 1.165) is 27.8 Å². The average molecular weight is 449 g/mol. The summed E-state index contributed by atoms with van der Waals surface area (Å²) in [6.45, 7) is 2.14. The molecule has 32 heavy (non-hydrogen) atoms. The molecule has 1 unspecified atom stereocenters. The molecule has 4 aromatic rings. The summed E-state index contributed by atoms with van der Waals surface area (Å²) in [4.78, 5) is 43.1. The standard InChI is InChI=1S/C24H24N4O3S/c1-4-6-15-8-10-16(11-9-15)20(19-7-5-12-32-19)26-22(29)17-13-18-21(25-14-17)27(2)24(31)28(3)23(18)30/h5,7-14,20H,4,6H2,1-3H3,(H,26,29). The molecule has 0 aliphatic rings. The maximum atomic E-state index is 13.2. The molecule has 0 aliphatic carbocycles. The van der Waals surface area contributed by atoms with Crippen molar-refractivity contribution in [1.82, 2.24) is 19.4 Å². The lowest BCUT2D eigenvalue weighted by molar-refractivity contribution is 0.0943. The highest BCUT2D eigenvalue weighted by molar-refractivity contribution is 7.10. The number of hydrogen-bond donors (Lipinski definition) is 1. The van der Waals surface area contributed by atoms with Crippen molar-refractivity contribution < 1.29 is 4.79 Å². The Morgan fingerprint density at radius 2 is 1.88 bits per heavy atom. The Bertz CT molecular complexity index is 1390. The second-order valence-corrected chi connectivity index (χ2v) is 8.69. The van der Waals surface area contributed by atoms with E-state index in [0.29, 0.717) is 0 Å². The van der Waals surface area contributed by atoms with Gasteiger partial charge in [-0.05, 0) is 35.1 Å². The van der Waals surface area contributed by atoms with Crippen LogP contribution in [0.3, 0.4) is 0 Å². The summed E-state index contributed by atoms with van der Waals surface area (Å²) in [7, 11) is 2.96. The van der Waals surface area contributed by atoms with E-state index in [9.17, 15) is 14.4 Å². The molecule has 164 valence electrons. The summed E-state index contributed by atoms with van der Waals surface area (Å²) in [5, 5.41) is 5.28. The minimum Gasteiger partial charge on any atom is -0.340 e. The fourth-order valence-corrected chi connectivity index (χ4v) is 4.55. The molecule has 3 heterocycles. The van der Waals surface area contributed by atoms with Crippen LogP contribution in [-0.2, 0) is 20.5 Å². The normalized spacial score (nSPS) is 12.1. The zero-order valence-corrected chi connectivity index (χ0v) is 19.0. The van der Waals surface area contributed by atoms with Crippen molar-refractivity contribution >= 4 is 28.3 Å². The van der Waals surface area contributed by atoms with Crippen LogP contribution in [0.2, 0.25) is 0 Å². The molecular formula is C24H24N4O3S. The Hall–Kier alpha value is -3.52. The lowest BCUT2D eigenvalue weighted by atomic mass is 10.0. The number of aromatic nitrogens is 3. The van der Waals surface area contributed by atoms with Gasteiger partial charge in [0.2, 0.25) is 0 Å². The number of fused-ring (bicyclic) bond motifs is 1. The van der Waals surface area contributed by atoms with E-state index in [1.54, 1.807) is 18.4 Å². The van der Waals surface area contributed by atoms with Crippen molar-refractivity contribution in [3.05, 3.63) is 96.4 Å². The van der Waals surface area contributed by atoms with Crippen molar-refractivity contribution in [3.8, 4) is 0 Å². The molecule has 8 heteroatoms. The molecule has 1 N–H and O–H groups in total. The zero-order valence-electron chi connectivity index (χ0n) is 18.2. The molecule has 0 radical (unpaired) electrons. The Morgan fingerprint density at radius 1 is 1.12 bits per heavy atom. The van der Waals surface area contributed by atoms with Crippen LogP contribution < -0.4 is 16.6 Å². The molecule has 3 aromatic heterocycles. The summed E-state index contributed by atoms with van der Waals surface area (Å²) >= 11 is 1.57. The summed E-state index contributed by atoms with van der Waals surface area (Å²) < 4.78 is 2.31. The lowest BCUT2D eigenvalue weighted by Crippen LogP contribution is -2.37. The Labute approximate surface area is 189 Å². The third-order valence-corrected chi connectivity index (χ3v) is 6.45. The smallest absolute Gasteiger partial charge is 0.332 e. The number of carbonyl (C=O) groups is 1. The van der Waals surface area contributed by atoms with E-state index in [4.69, 9.17) is 0 Å². The number of nitrogens with one attached hydrogen (secondary N) is 1. The quantitative estimate of drug-likeness (QED) is 0.491. The van der Waals surface area contributed by atoms with Gasteiger partial charge in [0.1, 0.15) is 5.65 Å². The predicted octanol–water partition coefficient (Wildman–Crippen LogP) is 3.17. The Balaban J connectivity index is 1.70. The lowest BCUT2D eigenvalue weighted by Gasteiger charge is -2.19. The van der Waals surface area contributed by atoms with Gasteiger partial charge in [0, 0.05) is 25.2 Å². The molecule has 0 fully saturated rings. The van der Waals surface area contributed by atoms with Gasteiger partial charge in [-0.15, -0.1) is 11.3 Å². The van der Waals surface area contributed by atoms with Gasteiger partial charge in [0.15, 0.2) is 0 Å². The van der Waals surface area contributed by atoms with Gasteiger partial charge in [-0.2, -0.15) is 0 Å². The van der Waals surface area contributed by atoms with Crippen LogP contribution in [0.4, 0.5) is 0 Å².